The molecule has 140 valence electrons. The monoisotopic (exact) mass is 382 g/mol. The molecule has 0 amide bonds. The molecule has 2 rings (SSSR count). The van der Waals surface area contributed by atoms with Gasteiger partial charge in [0.05, 0.1) is 8.80 Å². The summed E-state index contributed by atoms with van der Waals surface area (Å²) in [5, 5.41) is 2.89. The van der Waals surface area contributed by atoms with Crippen LogP contribution in [0.15, 0.2) is 55.1 Å². The van der Waals surface area contributed by atoms with Gasteiger partial charge in [-0.25, -0.2) is 0 Å². The molecule has 0 N–H and O–H groups in total. The second-order valence-electron chi connectivity index (χ2n) is 7.70. The third kappa shape index (κ3) is 4.64. The lowest BCUT2D eigenvalue weighted by atomic mass is 10.00. The Morgan fingerprint density at radius 3 is 2.12 bits per heavy atom. The van der Waals surface area contributed by atoms with E-state index in [9.17, 15) is 0 Å². The van der Waals surface area contributed by atoms with Crippen molar-refractivity contribution >= 4 is 33.1 Å². The highest BCUT2D eigenvalue weighted by Crippen LogP contribution is 2.24. The molecule has 0 saturated heterocycles. The molecule has 0 saturated carbocycles. The molecule has 3 heteroatoms. The molecule has 0 radical (unpaired) electrons. The number of benzene rings is 2. The lowest BCUT2D eigenvalue weighted by Gasteiger charge is -2.32. The van der Waals surface area contributed by atoms with Crippen LogP contribution in [0.3, 0.4) is 0 Å². The summed E-state index contributed by atoms with van der Waals surface area (Å²) in [5.41, 5.74) is 3.53. The zero-order chi connectivity index (χ0) is 19.3. The molecule has 0 aromatic heterocycles. The van der Waals surface area contributed by atoms with E-state index in [2.05, 4.69) is 95.9 Å². The van der Waals surface area contributed by atoms with Gasteiger partial charge in [-0.05, 0) is 47.8 Å². The fourth-order valence-corrected chi connectivity index (χ4v) is 8.04. The molecule has 0 aliphatic carbocycles. The SMILES string of the molecule is C=C(c1ccc([SiH](C)C)cc1)c1cccc([Si](CC)(CC)OC(C)C)c1. The van der Waals surface area contributed by atoms with Gasteiger partial charge in [-0.3, -0.25) is 0 Å². The fourth-order valence-electron chi connectivity index (χ4n) is 3.57. The van der Waals surface area contributed by atoms with Crippen molar-refractivity contribution in [2.45, 2.75) is 59.0 Å². The first kappa shape index (κ1) is 20.9. The summed E-state index contributed by atoms with van der Waals surface area (Å²) < 4.78 is 6.52. The third-order valence-corrected chi connectivity index (χ3v) is 11.6. The van der Waals surface area contributed by atoms with Gasteiger partial charge in [-0.2, -0.15) is 0 Å². The maximum Gasteiger partial charge on any atom is 0.224 e. The molecule has 0 bridgehead atoms. The minimum Gasteiger partial charge on any atom is -0.410 e. The summed E-state index contributed by atoms with van der Waals surface area (Å²) in [7, 11) is -2.67. The zero-order valence-corrected chi connectivity index (χ0v) is 19.5. The van der Waals surface area contributed by atoms with E-state index in [1.54, 1.807) is 0 Å². The molecule has 0 spiro atoms. The highest BCUT2D eigenvalue weighted by Gasteiger charge is 2.34. The average molecular weight is 383 g/mol. The van der Waals surface area contributed by atoms with E-state index >= 15 is 0 Å². The van der Waals surface area contributed by atoms with Crippen molar-refractivity contribution in [3.8, 4) is 0 Å². The molecule has 1 nitrogen and oxygen atoms in total. The largest absolute Gasteiger partial charge is 0.410 e. The predicted molar refractivity (Wildman–Crippen MR) is 122 cm³/mol. The predicted octanol–water partition coefficient (Wildman–Crippen LogP) is 5.06. The van der Waals surface area contributed by atoms with Crippen LogP contribution in [0.5, 0.6) is 0 Å². The summed E-state index contributed by atoms with van der Waals surface area (Å²) in [6.07, 6.45) is 0.265. The summed E-state index contributed by atoms with van der Waals surface area (Å²) in [6, 6.07) is 20.1. The van der Waals surface area contributed by atoms with Crippen LogP contribution in [0.2, 0.25) is 25.2 Å². The second kappa shape index (κ2) is 8.98. The Morgan fingerprint density at radius 1 is 1.00 bits per heavy atom. The lowest BCUT2D eigenvalue weighted by Crippen LogP contribution is -2.51. The molecule has 0 aliphatic rings. The minimum atomic E-state index is -1.92. The Bertz CT molecular complexity index is 728. The minimum absolute atomic E-state index is 0.265. The van der Waals surface area contributed by atoms with E-state index in [0.29, 0.717) is 0 Å². The van der Waals surface area contributed by atoms with Crippen LogP contribution in [0.25, 0.3) is 5.57 Å². The second-order valence-corrected chi connectivity index (χ2v) is 14.9. The highest BCUT2D eigenvalue weighted by molar-refractivity contribution is 6.86. The van der Waals surface area contributed by atoms with Gasteiger partial charge >= 0.3 is 0 Å². The van der Waals surface area contributed by atoms with Gasteiger partial charge in [0, 0.05) is 6.10 Å². The van der Waals surface area contributed by atoms with Gasteiger partial charge < -0.3 is 4.43 Å². The molecule has 0 fully saturated rings. The van der Waals surface area contributed by atoms with E-state index < -0.39 is 17.1 Å². The molecule has 0 aliphatic heterocycles. The van der Waals surface area contributed by atoms with E-state index in [4.69, 9.17) is 4.43 Å². The van der Waals surface area contributed by atoms with Crippen LogP contribution in [0, 0.1) is 0 Å². The first-order valence-corrected chi connectivity index (χ1v) is 15.1. The van der Waals surface area contributed by atoms with Gasteiger partial charge in [0.25, 0.3) is 0 Å². The smallest absolute Gasteiger partial charge is 0.224 e. The van der Waals surface area contributed by atoms with Crippen molar-refractivity contribution in [2.24, 2.45) is 0 Å². The van der Waals surface area contributed by atoms with Crippen molar-refractivity contribution in [2.75, 3.05) is 0 Å². The number of rotatable bonds is 8. The highest BCUT2D eigenvalue weighted by atomic mass is 28.4. The van der Waals surface area contributed by atoms with E-state index in [0.717, 1.165) is 17.7 Å². The standard InChI is InChI=1S/C23H34OSi2/c1-8-26(9-2,24-18(3)4)23-12-10-11-21(17-23)19(5)20-13-15-22(16-14-20)25(6)7/h10-18,25H,5,8-9H2,1-4,6-7H3. The molecular formula is C23H34OSi2. The Kier molecular flexibility index (Phi) is 7.21. The van der Waals surface area contributed by atoms with E-state index in [-0.39, 0.29) is 6.10 Å². The van der Waals surface area contributed by atoms with Gasteiger partial charge in [0.1, 0.15) is 0 Å². The normalized spacial score (nSPS) is 12.0. The Morgan fingerprint density at radius 2 is 1.62 bits per heavy atom. The average Bonchev–Trinajstić information content (AvgIpc) is 2.65. The van der Waals surface area contributed by atoms with E-state index in [1.165, 1.54) is 21.5 Å². The van der Waals surface area contributed by atoms with Gasteiger partial charge in [0.2, 0.25) is 8.32 Å². The molecule has 0 heterocycles. The van der Waals surface area contributed by atoms with Crippen molar-refractivity contribution in [3.05, 3.63) is 66.2 Å². The van der Waals surface area contributed by atoms with Crippen LogP contribution in [0.1, 0.15) is 38.8 Å². The summed E-state index contributed by atoms with van der Waals surface area (Å²) in [6.45, 7) is 18.0. The Hall–Kier alpha value is -1.43. The molecule has 2 aromatic carbocycles. The topological polar surface area (TPSA) is 9.23 Å². The Balaban J connectivity index is 2.36. The van der Waals surface area contributed by atoms with Gasteiger partial charge in [-0.15, -0.1) is 0 Å². The van der Waals surface area contributed by atoms with E-state index in [1.807, 2.05) is 0 Å². The van der Waals surface area contributed by atoms with Crippen molar-refractivity contribution in [1.82, 2.24) is 0 Å². The van der Waals surface area contributed by atoms with Crippen LogP contribution >= 0.6 is 0 Å². The first-order valence-electron chi connectivity index (χ1n) is 9.91. The van der Waals surface area contributed by atoms with Crippen molar-refractivity contribution in [3.63, 3.8) is 0 Å². The van der Waals surface area contributed by atoms with Gasteiger partial charge in [-0.1, -0.05) is 87.2 Å². The van der Waals surface area contributed by atoms with Crippen LogP contribution < -0.4 is 10.4 Å². The van der Waals surface area contributed by atoms with Gasteiger partial charge in [0.15, 0.2) is 0 Å². The maximum absolute atomic E-state index is 6.52. The van der Waals surface area contributed by atoms with Crippen molar-refractivity contribution in [1.29, 1.82) is 0 Å². The number of hydrogen-bond donors (Lipinski definition) is 0. The molecular weight excluding hydrogens is 348 g/mol. The lowest BCUT2D eigenvalue weighted by molar-refractivity contribution is 0.232. The molecule has 0 unspecified atom stereocenters. The molecule has 26 heavy (non-hydrogen) atoms. The summed E-state index contributed by atoms with van der Waals surface area (Å²) in [5.74, 6) is 0. The molecule has 2 aromatic rings. The van der Waals surface area contributed by atoms with Crippen LogP contribution in [-0.4, -0.2) is 23.2 Å². The summed E-state index contributed by atoms with van der Waals surface area (Å²) >= 11 is 0. The fraction of sp³-hybridized carbons (Fsp3) is 0.391. The summed E-state index contributed by atoms with van der Waals surface area (Å²) in [4.78, 5) is 0. The third-order valence-electron chi connectivity index (χ3n) is 5.27. The quantitative estimate of drug-likeness (QED) is 0.580. The Labute approximate surface area is 162 Å². The maximum atomic E-state index is 6.52. The molecule has 0 atom stereocenters. The van der Waals surface area contributed by atoms with Crippen molar-refractivity contribution < 1.29 is 4.43 Å². The zero-order valence-electron chi connectivity index (χ0n) is 17.3. The first-order chi connectivity index (χ1) is 12.3. The van der Waals surface area contributed by atoms with Crippen LogP contribution in [0.4, 0.5) is 0 Å². The number of hydrogen-bond acceptors (Lipinski definition) is 1. The van der Waals surface area contributed by atoms with Crippen LogP contribution in [-0.2, 0) is 4.43 Å².